The largest absolute Gasteiger partial charge is 0.481 e. The average Bonchev–Trinajstić information content (AvgIpc) is 2.32. The molecule has 0 radical (unpaired) electrons. The van der Waals surface area contributed by atoms with E-state index < -0.39 is 5.97 Å². The van der Waals surface area contributed by atoms with Crippen LogP contribution in [-0.4, -0.2) is 29.6 Å². The van der Waals surface area contributed by atoms with Gasteiger partial charge < -0.3 is 10.0 Å². The van der Waals surface area contributed by atoms with Crippen molar-refractivity contribution in [3.05, 3.63) is 33.9 Å². The van der Waals surface area contributed by atoms with Gasteiger partial charge in [-0.25, -0.2) is 0 Å². The van der Waals surface area contributed by atoms with Crippen LogP contribution in [0.15, 0.2) is 6.07 Å². The molecule has 0 saturated carbocycles. The van der Waals surface area contributed by atoms with Gasteiger partial charge in [-0.1, -0.05) is 13.0 Å². The van der Waals surface area contributed by atoms with Gasteiger partial charge in [0.15, 0.2) is 0 Å². The Balaban J connectivity index is 2.91. The molecule has 1 rings (SSSR count). The number of benzene rings is 1. The molecule has 3 nitrogen and oxygen atoms in total. The van der Waals surface area contributed by atoms with Crippen LogP contribution in [-0.2, 0) is 11.3 Å². The fourth-order valence-corrected chi connectivity index (χ4v) is 2.42. The number of carbonyl (C=O) groups is 1. The molecule has 0 heterocycles. The fraction of sp³-hybridized carbons (Fsp3) is 0.562. The molecule has 3 heteroatoms. The first-order chi connectivity index (χ1) is 8.73. The summed E-state index contributed by atoms with van der Waals surface area (Å²) in [5, 5.41) is 8.97. The number of aliphatic carboxylic acids is 1. The van der Waals surface area contributed by atoms with E-state index in [0.717, 1.165) is 6.54 Å². The summed E-state index contributed by atoms with van der Waals surface area (Å²) >= 11 is 0. The number of rotatable bonds is 5. The van der Waals surface area contributed by atoms with Crippen molar-refractivity contribution in [3.63, 3.8) is 0 Å². The Kier molecular flexibility index (Phi) is 5.12. The lowest BCUT2D eigenvalue weighted by atomic mass is 9.94. The SMILES string of the molecule is Cc1cc(C)c(C)c(CN(C)CC(C)C(=O)O)c1C. The number of carboxylic acid groups (broad SMARTS) is 1. The molecule has 0 aromatic heterocycles. The summed E-state index contributed by atoms with van der Waals surface area (Å²) in [5.74, 6) is -1.07. The third-order valence-corrected chi connectivity index (χ3v) is 3.96. The van der Waals surface area contributed by atoms with Crippen LogP contribution in [0.5, 0.6) is 0 Å². The Hall–Kier alpha value is -1.35. The molecule has 0 aliphatic carbocycles. The van der Waals surface area contributed by atoms with E-state index in [1.165, 1.54) is 27.8 Å². The molecule has 0 spiro atoms. The molecular formula is C16H25NO2. The lowest BCUT2D eigenvalue weighted by Gasteiger charge is -2.23. The van der Waals surface area contributed by atoms with Crippen molar-refractivity contribution < 1.29 is 9.90 Å². The van der Waals surface area contributed by atoms with Crippen LogP contribution >= 0.6 is 0 Å². The minimum Gasteiger partial charge on any atom is -0.481 e. The monoisotopic (exact) mass is 263 g/mol. The van der Waals surface area contributed by atoms with Gasteiger partial charge in [0.05, 0.1) is 5.92 Å². The van der Waals surface area contributed by atoms with Crippen molar-refractivity contribution >= 4 is 5.97 Å². The molecule has 0 aliphatic heterocycles. The molecule has 0 saturated heterocycles. The summed E-state index contributed by atoms with van der Waals surface area (Å²) in [6.45, 7) is 11.7. The van der Waals surface area contributed by atoms with E-state index in [1.807, 2.05) is 7.05 Å². The molecular weight excluding hydrogens is 238 g/mol. The summed E-state index contributed by atoms with van der Waals surface area (Å²) in [6.07, 6.45) is 0. The fourth-order valence-electron chi connectivity index (χ4n) is 2.42. The van der Waals surface area contributed by atoms with Crippen molar-refractivity contribution in [2.45, 2.75) is 41.2 Å². The van der Waals surface area contributed by atoms with E-state index in [-0.39, 0.29) is 5.92 Å². The summed E-state index contributed by atoms with van der Waals surface area (Å²) in [6, 6.07) is 2.22. The second-order valence-corrected chi connectivity index (χ2v) is 5.67. The van der Waals surface area contributed by atoms with Gasteiger partial charge in [-0.15, -0.1) is 0 Å². The first-order valence-electron chi connectivity index (χ1n) is 6.71. The first kappa shape index (κ1) is 15.7. The van der Waals surface area contributed by atoms with Crippen LogP contribution in [0.4, 0.5) is 0 Å². The van der Waals surface area contributed by atoms with Crippen molar-refractivity contribution in [2.75, 3.05) is 13.6 Å². The zero-order valence-corrected chi connectivity index (χ0v) is 12.9. The lowest BCUT2D eigenvalue weighted by Crippen LogP contribution is -2.28. The average molecular weight is 263 g/mol. The molecule has 1 atom stereocenters. The Labute approximate surface area is 116 Å². The molecule has 0 fully saturated rings. The third-order valence-electron chi connectivity index (χ3n) is 3.96. The Bertz CT molecular complexity index is 454. The van der Waals surface area contributed by atoms with E-state index >= 15 is 0 Å². The number of aryl methyl sites for hydroxylation is 2. The van der Waals surface area contributed by atoms with Gasteiger partial charge in [-0.3, -0.25) is 4.79 Å². The summed E-state index contributed by atoms with van der Waals surface area (Å²) in [7, 11) is 1.98. The maximum Gasteiger partial charge on any atom is 0.307 e. The molecule has 1 aromatic carbocycles. The summed E-state index contributed by atoms with van der Waals surface area (Å²) < 4.78 is 0. The van der Waals surface area contributed by atoms with Crippen molar-refractivity contribution in [2.24, 2.45) is 5.92 Å². The molecule has 1 unspecified atom stereocenters. The molecule has 1 aromatic rings. The minimum absolute atomic E-state index is 0.337. The highest BCUT2D eigenvalue weighted by Crippen LogP contribution is 2.23. The summed E-state index contributed by atoms with van der Waals surface area (Å²) in [4.78, 5) is 13.0. The quantitative estimate of drug-likeness (QED) is 0.887. The molecule has 19 heavy (non-hydrogen) atoms. The van der Waals surface area contributed by atoms with E-state index in [1.54, 1.807) is 6.92 Å². The van der Waals surface area contributed by atoms with Gasteiger partial charge in [0.25, 0.3) is 0 Å². The third kappa shape index (κ3) is 3.80. The lowest BCUT2D eigenvalue weighted by molar-refractivity contribution is -0.141. The van der Waals surface area contributed by atoms with E-state index in [4.69, 9.17) is 5.11 Å². The van der Waals surface area contributed by atoms with Gasteiger partial charge in [-0.2, -0.15) is 0 Å². The molecule has 0 bridgehead atoms. The van der Waals surface area contributed by atoms with E-state index in [9.17, 15) is 4.79 Å². The van der Waals surface area contributed by atoms with Gasteiger partial charge in [0.2, 0.25) is 0 Å². The van der Waals surface area contributed by atoms with Crippen molar-refractivity contribution in [1.82, 2.24) is 4.90 Å². The second kappa shape index (κ2) is 6.20. The molecule has 1 N–H and O–H groups in total. The number of hydrogen-bond donors (Lipinski definition) is 1. The first-order valence-corrected chi connectivity index (χ1v) is 6.71. The van der Waals surface area contributed by atoms with Crippen LogP contribution in [0, 0.1) is 33.6 Å². The molecule has 0 aliphatic rings. The number of nitrogens with zero attached hydrogens (tertiary/aromatic N) is 1. The van der Waals surface area contributed by atoms with E-state index in [2.05, 4.69) is 38.7 Å². The van der Waals surface area contributed by atoms with Crippen LogP contribution in [0.25, 0.3) is 0 Å². The topological polar surface area (TPSA) is 40.5 Å². The van der Waals surface area contributed by atoms with Crippen LogP contribution in [0.2, 0.25) is 0 Å². The van der Waals surface area contributed by atoms with Gasteiger partial charge in [0, 0.05) is 13.1 Å². The zero-order valence-electron chi connectivity index (χ0n) is 12.9. The van der Waals surface area contributed by atoms with Gasteiger partial charge >= 0.3 is 5.97 Å². The predicted octanol–water partition coefficient (Wildman–Crippen LogP) is 3.07. The normalized spacial score (nSPS) is 12.8. The van der Waals surface area contributed by atoms with E-state index in [0.29, 0.717) is 6.54 Å². The molecule has 106 valence electrons. The van der Waals surface area contributed by atoms with Crippen LogP contribution in [0.3, 0.4) is 0 Å². The highest BCUT2D eigenvalue weighted by molar-refractivity contribution is 5.69. The number of carboxylic acids is 1. The maximum absolute atomic E-state index is 10.9. The van der Waals surface area contributed by atoms with Crippen molar-refractivity contribution in [3.8, 4) is 0 Å². The predicted molar refractivity (Wildman–Crippen MR) is 78.5 cm³/mol. The summed E-state index contributed by atoms with van der Waals surface area (Å²) in [5.41, 5.74) is 6.57. The number of hydrogen-bond acceptors (Lipinski definition) is 2. The standard InChI is InChI=1S/C16H25NO2/c1-10-7-11(2)14(5)15(13(10)4)9-17(6)8-12(3)16(18)19/h7,12H,8-9H2,1-6H3,(H,18,19). The second-order valence-electron chi connectivity index (χ2n) is 5.67. The minimum atomic E-state index is -0.735. The maximum atomic E-state index is 10.9. The highest BCUT2D eigenvalue weighted by Gasteiger charge is 2.16. The highest BCUT2D eigenvalue weighted by atomic mass is 16.4. The smallest absolute Gasteiger partial charge is 0.307 e. The van der Waals surface area contributed by atoms with Crippen molar-refractivity contribution in [1.29, 1.82) is 0 Å². The Morgan fingerprint density at radius 3 is 2.11 bits per heavy atom. The van der Waals surface area contributed by atoms with Crippen LogP contribution in [0.1, 0.15) is 34.7 Å². The zero-order chi connectivity index (χ0) is 14.7. The Morgan fingerprint density at radius 1 is 1.21 bits per heavy atom. The van der Waals surface area contributed by atoms with Gasteiger partial charge in [-0.05, 0) is 62.6 Å². The molecule has 0 amide bonds. The van der Waals surface area contributed by atoms with Gasteiger partial charge in [0.1, 0.15) is 0 Å². The Morgan fingerprint density at radius 2 is 1.68 bits per heavy atom. The van der Waals surface area contributed by atoms with Crippen LogP contribution < -0.4 is 0 Å².